The van der Waals surface area contributed by atoms with E-state index in [1.807, 2.05) is 0 Å². The van der Waals surface area contributed by atoms with Crippen molar-refractivity contribution in [2.75, 3.05) is 0 Å². The SMILES string of the molecule is CCCCCCCC[C@@H](O)CCCCCC[C@@H](O)CCCC(=O)O. The largest absolute Gasteiger partial charge is 0.481 e. The van der Waals surface area contributed by atoms with Gasteiger partial charge < -0.3 is 15.3 Å². The van der Waals surface area contributed by atoms with Crippen molar-refractivity contribution in [3.05, 3.63) is 0 Å². The summed E-state index contributed by atoms with van der Waals surface area (Å²) >= 11 is 0. The molecule has 0 fully saturated rings. The van der Waals surface area contributed by atoms with Crippen molar-refractivity contribution in [1.82, 2.24) is 0 Å². The summed E-state index contributed by atoms with van der Waals surface area (Å²) in [6, 6.07) is 0. The molecular formula is C20H40O4. The Morgan fingerprint density at radius 1 is 0.667 bits per heavy atom. The molecule has 0 saturated carbocycles. The van der Waals surface area contributed by atoms with Crippen molar-refractivity contribution in [3.63, 3.8) is 0 Å². The molecule has 24 heavy (non-hydrogen) atoms. The molecule has 4 heteroatoms. The fraction of sp³-hybridized carbons (Fsp3) is 0.950. The molecule has 3 N–H and O–H groups in total. The number of hydrogen-bond acceptors (Lipinski definition) is 3. The van der Waals surface area contributed by atoms with E-state index in [-0.39, 0.29) is 18.6 Å². The number of carboxylic acid groups (broad SMARTS) is 1. The van der Waals surface area contributed by atoms with Gasteiger partial charge in [-0.3, -0.25) is 4.79 Å². The van der Waals surface area contributed by atoms with Crippen molar-refractivity contribution in [2.45, 2.75) is 122 Å². The van der Waals surface area contributed by atoms with Gasteiger partial charge in [0.25, 0.3) is 0 Å². The zero-order valence-corrected chi connectivity index (χ0v) is 15.7. The molecule has 2 atom stereocenters. The first-order valence-electron chi connectivity index (χ1n) is 10.1. The summed E-state index contributed by atoms with van der Waals surface area (Å²) in [4.78, 5) is 10.4. The number of hydrogen-bond donors (Lipinski definition) is 3. The molecular weight excluding hydrogens is 304 g/mol. The summed E-state index contributed by atoms with van der Waals surface area (Å²) in [5, 5.41) is 28.2. The second-order valence-electron chi connectivity index (χ2n) is 7.14. The van der Waals surface area contributed by atoms with Gasteiger partial charge in [-0.15, -0.1) is 0 Å². The lowest BCUT2D eigenvalue weighted by molar-refractivity contribution is -0.137. The normalized spacial score (nSPS) is 13.8. The quantitative estimate of drug-likeness (QED) is 0.304. The number of aliphatic hydroxyl groups excluding tert-OH is 2. The smallest absolute Gasteiger partial charge is 0.303 e. The standard InChI is InChI=1S/C20H40O4/c1-2-3-4-5-6-9-13-18(21)14-10-7-8-11-15-19(22)16-12-17-20(23)24/h18-19,21-22H,2-17H2,1H3,(H,23,24)/t18-,19-/m1/s1. The fourth-order valence-corrected chi connectivity index (χ4v) is 3.05. The van der Waals surface area contributed by atoms with Crippen LogP contribution in [0.2, 0.25) is 0 Å². The fourth-order valence-electron chi connectivity index (χ4n) is 3.05. The number of carbonyl (C=O) groups is 1. The molecule has 0 rings (SSSR count). The highest BCUT2D eigenvalue weighted by molar-refractivity contribution is 5.66. The molecule has 0 aromatic heterocycles. The number of aliphatic hydroxyl groups is 2. The van der Waals surface area contributed by atoms with E-state index in [1.54, 1.807) is 0 Å². The van der Waals surface area contributed by atoms with Gasteiger partial charge in [-0.2, -0.15) is 0 Å². The highest BCUT2D eigenvalue weighted by Gasteiger charge is 2.06. The Hall–Kier alpha value is -0.610. The maximum Gasteiger partial charge on any atom is 0.303 e. The summed E-state index contributed by atoms with van der Waals surface area (Å²) in [5.74, 6) is -0.790. The van der Waals surface area contributed by atoms with Crippen LogP contribution in [-0.2, 0) is 4.79 Å². The third-order valence-electron chi connectivity index (χ3n) is 4.64. The van der Waals surface area contributed by atoms with Gasteiger partial charge in [0, 0.05) is 6.42 Å². The Morgan fingerprint density at radius 2 is 1.04 bits per heavy atom. The van der Waals surface area contributed by atoms with Gasteiger partial charge in [-0.1, -0.05) is 71.1 Å². The third kappa shape index (κ3) is 17.7. The first-order valence-corrected chi connectivity index (χ1v) is 10.1. The molecule has 144 valence electrons. The van der Waals surface area contributed by atoms with Crippen LogP contribution in [0, 0.1) is 0 Å². The summed E-state index contributed by atoms with van der Waals surface area (Å²) in [6.45, 7) is 2.23. The van der Waals surface area contributed by atoms with Crippen LogP contribution < -0.4 is 0 Å². The summed E-state index contributed by atoms with van der Waals surface area (Å²) < 4.78 is 0. The molecule has 0 aliphatic carbocycles. The molecule has 0 saturated heterocycles. The second kappa shape index (κ2) is 17.2. The maximum absolute atomic E-state index is 10.4. The van der Waals surface area contributed by atoms with Crippen LogP contribution in [0.15, 0.2) is 0 Å². The van der Waals surface area contributed by atoms with E-state index in [2.05, 4.69) is 6.92 Å². The Kier molecular flexibility index (Phi) is 16.8. The monoisotopic (exact) mass is 344 g/mol. The lowest BCUT2D eigenvalue weighted by atomic mass is 10.0. The van der Waals surface area contributed by atoms with Crippen molar-refractivity contribution in [3.8, 4) is 0 Å². The van der Waals surface area contributed by atoms with Gasteiger partial charge in [-0.25, -0.2) is 0 Å². The molecule has 0 bridgehead atoms. The van der Waals surface area contributed by atoms with Crippen molar-refractivity contribution < 1.29 is 20.1 Å². The summed E-state index contributed by atoms with van der Waals surface area (Å²) in [6.07, 6.45) is 15.3. The Labute approximate surface area is 148 Å². The number of rotatable bonds is 18. The molecule has 0 unspecified atom stereocenters. The highest BCUT2D eigenvalue weighted by Crippen LogP contribution is 2.15. The van der Waals surface area contributed by atoms with E-state index >= 15 is 0 Å². The van der Waals surface area contributed by atoms with Crippen LogP contribution in [0.5, 0.6) is 0 Å². The van der Waals surface area contributed by atoms with E-state index in [9.17, 15) is 15.0 Å². The highest BCUT2D eigenvalue weighted by atomic mass is 16.4. The molecule has 0 aliphatic heterocycles. The van der Waals surface area contributed by atoms with Crippen LogP contribution in [0.4, 0.5) is 0 Å². The van der Waals surface area contributed by atoms with Gasteiger partial charge in [0.05, 0.1) is 12.2 Å². The minimum Gasteiger partial charge on any atom is -0.481 e. The number of carboxylic acids is 1. The van der Waals surface area contributed by atoms with Gasteiger partial charge >= 0.3 is 5.97 Å². The van der Waals surface area contributed by atoms with Gasteiger partial charge in [0.1, 0.15) is 0 Å². The van der Waals surface area contributed by atoms with Crippen LogP contribution >= 0.6 is 0 Å². The van der Waals surface area contributed by atoms with Crippen LogP contribution in [-0.4, -0.2) is 33.5 Å². The molecule has 0 amide bonds. The van der Waals surface area contributed by atoms with E-state index < -0.39 is 5.97 Å². The predicted octanol–water partition coefficient (Wildman–Crippen LogP) is 5.05. The second-order valence-corrected chi connectivity index (χ2v) is 7.14. The third-order valence-corrected chi connectivity index (χ3v) is 4.64. The van der Waals surface area contributed by atoms with Gasteiger partial charge in [0.15, 0.2) is 0 Å². The van der Waals surface area contributed by atoms with Gasteiger partial charge in [-0.05, 0) is 32.1 Å². The summed E-state index contributed by atoms with van der Waals surface area (Å²) in [7, 11) is 0. The van der Waals surface area contributed by atoms with Crippen molar-refractivity contribution in [1.29, 1.82) is 0 Å². The maximum atomic E-state index is 10.4. The lowest BCUT2D eigenvalue weighted by Crippen LogP contribution is -2.08. The predicted molar refractivity (Wildman–Crippen MR) is 99.2 cm³/mol. The first-order chi connectivity index (χ1) is 11.6. The van der Waals surface area contributed by atoms with Crippen LogP contribution in [0.1, 0.15) is 110 Å². The number of aliphatic carboxylic acids is 1. The average Bonchev–Trinajstić information content (AvgIpc) is 2.53. The topological polar surface area (TPSA) is 77.8 Å². The van der Waals surface area contributed by atoms with Crippen molar-refractivity contribution >= 4 is 5.97 Å². The minimum atomic E-state index is -0.790. The molecule has 0 aliphatic rings. The van der Waals surface area contributed by atoms with E-state index in [4.69, 9.17) is 5.11 Å². The van der Waals surface area contributed by atoms with Crippen molar-refractivity contribution in [2.24, 2.45) is 0 Å². The molecule has 4 nitrogen and oxygen atoms in total. The molecule has 0 spiro atoms. The Bertz CT molecular complexity index is 281. The Balaban J connectivity index is 3.29. The Morgan fingerprint density at radius 3 is 1.46 bits per heavy atom. The zero-order valence-electron chi connectivity index (χ0n) is 15.7. The number of unbranched alkanes of at least 4 members (excludes halogenated alkanes) is 8. The molecule has 0 aromatic rings. The molecule has 0 heterocycles. The van der Waals surface area contributed by atoms with E-state index in [0.717, 1.165) is 51.4 Å². The first kappa shape index (κ1) is 23.4. The average molecular weight is 345 g/mol. The molecule has 0 radical (unpaired) electrons. The van der Waals surface area contributed by atoms with Crippen LogP contribution in [0.3, 0.4) is 0 Å². The van der Waals surface area contributed by atoms with E-state index in [0.29, 0.717) is 12.8 Å². The molecule has 0 aromatic carbocycles. The summed E-state index contributed by atoms with van der Waals surface area (Å²) in [5.41, 5.74) is 0. The minimum absolute atomic E-state index is 0.141. The lowest BCUT2D eigenvalue weighted by Gasteiger charge is -2.11. The van der Waals surface area contributed by atoms with E-state index in [1.165, 1.54) is 32.1 Å². The zero-order chi connectivity index (χ0) is 18.0. The van der Waals surface area contributed by atoms with Crippen LogP contribution in [0.25, 0.3) is 0 Å². The van der Waals surface area contributed by atoms with Gasteiger partial charge in [0.2, 0.25) is 0 Å².